The van der Waals surface area contributed by atoms with Crippen LogP contribution in [0.4, 0.5) is 5.82 Å². The lowest BCUT2D eigenvalue weighted by Gasteiger charge is -2.28. The molecule has 140 valence electrons. The summed E-state index contributed by atoms with van der Waals surface area (Å²) in [5.41, 5.74) is 5.46. The molecule has 0 spiro atoms. The first-order valence-electron chi connectivity index (χ1n) is 10.3. The first kappa shape index (κ1) is 17.6. The summed E-state index contributed by atoms with van der Waals surface area (Å²) in [7, 11) is 2.23. The molecule has 2 aliphatic rings. The molecule has 0 radical (unpaired) electrons. The summed E-state index contributed by atoms with van der Waals surface area (Å²) in [6.45, 7) is 7.96. The van der Waals surface area contributed by atoms with Crippen LogP contribution >= 0.6 is 0 Å². The summed E-state index contributed by atoms with van der Waals surface area (Å²) >= 11 is 0. The third-order valence-electron chi connectivity index (χ3n) is 6.05. The number of likely N-dealkylation sites (tertiary alicyclic amines) is 1. The molecule has 1 N–H and O–H groups in total. The van der Waals surface area contributed by atoms with Gasteiger partial charge in [0.1, 0.15) is 5.82 Å². The predicted octanol–water partition coefficient (Wildman–Crippen LogP) is 4.55. The van der Waals surface area contributed by atoms with E-state index in [2.05, 4.69) is 60.1 Å². The van der Waals surface area contributed by atoms with Crippen LogP contribution in [0, 0.1) is 0 Å². The minimum Gasteiger partial charge on any atom is -0.370 e. The second-order valence-corrected chi connectivity index (χ2v) is 8.30. The van der Waals surface area contributed by atoms with E-state index in [9.17, 15) is 0 Å². The van der Waals surface area contributed by atoms with Gasteiger partial charge in [-0.25, -0.2) is 4.68 Å². The van der Waals surface area contributed by atoms with Gasteiger partial charge in [-0.1, -0.05) is 32.0 Å². The molecule has 1 fully saturated rings. The van der Waals surface area contributed by atoms with Crippen molar-refractivity contribution in [2.45, 2.75) is 57.8 Å². The molecular weight excluding hydrogens is 320 g/mol. The first-order chi connectivity index (χ1) is 12.6. The Balaban J connectivity index is 1.81. The van der Waals surface area contributed by atoms with Gasteiger partial charge in [-0.05, 0) is 69.8 Å². The molecule has 0 saturated carbocycles. The number of benzene rings is 1. The van der Waals surface area contributed by atoms with E-state index in [0.29, 0.717) is 11.8 Å². The third-order valence-corrected chi connectivity index (χ3v) is 6.05. The van der Waals surface area contributed by atoms with Crippen LogP contribution in [0.1, 0.15) is 68.2 Å². The quantitative estimate of drug-likeness (QED) is 0.879. The SMILES string of the molecule is CC(C)c1ccccc1-n1nc(C2CCN(C)CC2)c2c1NCCCC2. The maximum atomic E-state index is 5.23. The molecule has 3 heterocycles. The van der Waals surface area contributed by atoms with Crippen LogP contribution in [0.3, 0.4) is 0 Å². The second kappa shape index (κ2) is 7.43. The van der Waals surface area contributed by atoms with Crippen LogP contribution in [-0.4, -0.2) is 41.4 Å². The number of fused-ring (bicyclic) bond motifs is 1. The Morgan fingerprint density at radius 2 is 1.88 bits per heavy atom. The van der Waals surface area contributed by atoms with E-state index in [-0.39, 0.29) is 0 Å². The number of piperidine rings is 1. The molecule has 0 aliphatic carbocycles. The lowest BCUT2D eigenvalue weighted by atomic mass is 9.90. The van der Waals surface area contributed by atoms with Crippen molar-refractivity contribution in [2.24, 2.45) is 0 Å². The normalized spacial score (nSPS) is 19.2. The van der Waals surface area contributed by atoms with Gasteiger partial charge in [0.2, 0.25) is 0 Å². The molecule has 4 heteroatoms. The minimum absolute atomic E-state index is 0.489. The number of anilines is 1. The van der Waals surface area contributed by atoms with E-state index in [1.54, 1.807) is 0 Å². The van der Waals surface area contributed by atoms with Crippen molar-refractivity contribution in [3.8, 4) is 5.69 Å². The molecule has 0 bridgehead atoms. The largest absolute Gasteiger partial charge is 0.370 e. The zero-order valence-corrected chi connectivity index (χ0v) is 16.5. The van der Waals surface area contributed by atoms with Gasteiger partial charge >= 0.3 is 0 Å². The summed E-state index contributed by atoms with van der Waals surface area (Å²) in [6, 6.07) is 8.77. The van der Waals surface area contributed by atoms with Crippen molar-refractivity contribution < 1.29 is 0 Å². The molecule has 0 atom stereocenters. The van der Waals surface area contributed by atoms with E-state index >= 15 is 0 Å². The summed E-state index contributed by atoms with van der Waals surface area (Å²) in [6.07, 6.45) is 6.12. The van der Waals surface area contributed by atoms with Crippen molar-refractivity contribution in [1.29, 1.82) is 0 Å². The fraction of sp³-hybridized carbons (Fsp3) is 0.591. The van der Waals surface area contributed by atoms with E-state index in [1.165, 1.54) is 67.1 Å². The Morgan fingerprint density at radius 1 is 1.12 bits per heavy atom. The summed E-state index contributed by atoms with van der Waals surface area (Å²) in [4.78, 5) is 2.44. The zero-order chi connectivity index (χ0) is 18.1. The van der Waals surface area contributed by atoms with Gasteiger partial charge in [0, 0.05) is 18.0 Å². The molecule has 0 unspecified atom stereocenters. The number of nitrogens with zero attached hydrogens (tertiary/aromatic N) is 3. The highest BCUT2D eigenvalue weighted by atomic mass is 15.3. The maximum Gasteiger partial charge on any atom is 0.133 e. The van der Waals surface area contributed by atoms with Gasteiger partial charge in [0.15, 0.2) is 0 Å². The number of rotatable bonds is 3. The maximum absolute atomic E-state index is 5.23. The van der Waals surface area contributed by atoms with E-state index in [4.69, 9.17) is 5.10 Å². The van der Waals surface area contributed by atoms with Crippen molar-refractivity contribution in [3.63, 3.8) is 0 Å². The van der Waals surface area contributed by atoms with Crippen molar-refractivity contribution in [2.75, 3.05) is 32.0 Å². The highest BCUT2D eigenvalue weighted by Gasteiger charge is 2.28. The Hall–Kier alpha value is -1.81. The number of aromatic nitrogens is 2. The number of hydrogen-bond acceptors (Lipinski definition) is 3. The predicted molar refractivity (Wildman–Crippen MR) is 109 cm³/mol. The highest BCUT2D eigenvalue weighted by Crippen LogP contribution is 2.37. The summed E-state index contributed by atoms with van der Waals surface area (Å²) in [5.74, 6) is 2.35. The van der Waals surface area contributed by atoms with Gasteiger partial charge in [0.25, 0.3) is 0 Å². The molecule has 4 nitrogen and oxygen atoms in total. The van der Waals surface area contributed by atoms with E-state index in [0.717, 1.165) is 13.0 Å². The van der Waals surface area contributed by atoms with Crippen LogP contribution in [0.5, 0.6) is 0 Å². The fourth-order valence-electron chi connectivity index (χ4n) is 4.48. The smallest absolute Gasteiger partial charge is 0.133 e. The Morgan fingerprint density at radius 3 is 2.65 bits per heavy atom. The molecule has 1 saturated heterocycles. The number of para-hydroxylation sites is 1. The standard InChI is InChI=1S/C22H32N4/c1-16(2)18-8-4-5-10-20(18)26-22-19(9-6-7-13-23-22)21(24-26)17-11-14-25(3)15-12-17/h4-5,8,10,16-17,23H,6-7,9,11-15H2,1-3H3. The van der Waals surface area contributed by atoms with Crippen LogP contribution in [0.2, 0.25) is 0 Å². The summed E-state index contributed by atoms with van der Waals surface area (Å²) < 4.78 is 2.23. The molecule has 26 heavy (non-hydrogen) atoms. The second-order valence-electron chi connectivity index (χ2n) is 8.30. The highest BCUT2D eigenvalue weighted by molar-refractivity contribution is 5.57. The van der Waals surface area contributed by atoms with Gasteiger partial charge in [-0.2, -0.15) is 5.10 Å². The first-order valence-corrected chi connectivity index (χ1v) is 10.3. The molecule has 0 amide bonds. The average molecular weight is 353 g/mol. The van der Waals surface area contributed by atoms with Gasteiger partial charge in [0.05, 0.1) is 11.4 Å². The number of hydrogen-bond donors (Lipinski definition) is 1. The molecule has 1 aromatic heterocycles. The summed E-state index contributed by atoms with van der Waals surface area (Å²) in [5, 5.41) is 8.95. The minimum atomic E-state index is 0.489. The van der Waals surface area contributed by atoms with Crippen molar-refractivity contribution >= 4 is 5.82 Å². The Bertz CT molecular complexity index is 753. The topological polar surface area (TPSA) is 33.1 Å². The molecule has 2 aromatic rings. The molecular formula is C22H32N4. The Labute approximate surface area is 157 Å². The van der Waals surface area contributed by atoms with Crippen LogP contribution in [0.15, 0.2) is 24.3 Å². The fourth-order valence-corrected chi connectivity index (χ4v) is 4.48. The van der Waals surface area contributed by atoms with Gasteiger partial charge in [-0.3, -0.25) is 0 Å². The number of nitrogens with one attached hydrogen (secondary N) is 1. The van der Waals surface area contributed by atoms with Crippen molar-refractivity contribution in [1.82, 2.24) is 14.7 Å². The molecule has 2 aliphatic heterocycles. The van der Waals surface area contributed by atoms with E-state index in [1.807, 2.05) is 0 Å². The Kier molecular flexibility index (Phi) is 5.03. The lowest BCUT2D eigenvalue weighted by molar-refractivity contribution is 0.252. The van der Waals surface area contributed by atoms with Gasteiger partial charge in [-0.15, -0.1) is 0 Å². The van der Waals surface area contributed by atoms with Crippen LogP contribution < -0.4 is 5.32 Å². The average Bonchev–Trinajstić information content (AvgIpc) is 2.84. The van der Waals surface area contributed by atoms with Crippen LogP contribution in [0.25, 0.3) is 5.69 Å². The monoisotopic (exact) mass is 352 g/mol. The molecule has 1 aromatic carbocycles. The van der Waals surface area contributed by atoms with Gasteiger partial charge < -0.3 is 10.2 Å². The zero-order valence-electron chi connectivity index (χ0n) is 16.5. The van der Waals surface area contributed by atoms with E-state index < -0.39 is 0 Å². The van der Waals surface area contributed by atoms with Crippen molar-refractivity contribution in [3.05, 3.63) is 41.1 Å². The van der Waals surface area contributed by atoms with Crippen LogP contribution in [-0.2, 0) is 6.42 Å². The third kappa shape index (κ3) is 3.27. The lowest BCUT2D eigenvalue weighted by Crippen LogP contribution is -2.29. The molecule has 4 rings (SSSR count).